The van der Waals surface area contributed by atoms with Gasteiger partial charge >= 0.3 is 0 Å². The van der Waals surface area contributed by atoms with E-state index in [1.165, 1.54) is 12.1 Å². The number of fused-ring (bicyclic) bond motifs is 2. The van der Waals surface area contributed by atoms with Crippen LogP contribution in [0.15, 0.2) is 77.9 Å². The number of amides is 1. The number of nitrogens with one attached hydrogen (secondary N) is 2. The number of aryl methyl sites for hydroxylation is 1. The van der Waals surface area contributed by atoms with Gasteiger partial charge in [0.25, 0.3) is 5.56 Å². The number of halogens is 3. The number of carbonyl (C=O) groups excluding carboxylic acids is 1. The van der Waals surface area contributed by atoms with Crippen molar-refractivity contribution in [2.24, 2.45) is 7.05 Å². The Morgan fingerprint density at radius 2 is 1.84 bits per heavy atom. The van der Waals surface area contributed by atoms with Crippen LogP contribution in [0.25, 0.3) is 22.0 Å². The van der Waals surface area contributed by atoms with Crippen molar-refractivity contribution in [2.75, 3.05) is 10.2 Å². The summed E-state index contributed by atoms with van der Waals surface area (Å²) in [4.78, 5) is 30.6. The number of pyridine rings is 1. The highest BCUT2D eigenvalue weighted by Crippen LogP contribution is 2.44. The van der Waals surface area contributed by atoms with Gasteiger partial charge in [-0.1, -0.05) is 23.2 Å². The Labute approximate surface area is 227 Å². The lowest BCUT2D eigenvalue weighted by molar-refractivity contribution is -0.115. The summed E-state index contributed by atoms with van der Waals surface area (Å²) < 4.78 is 15.5. The SMILES string of the molecule is Cn1cc2c3c(c[nH]c(=O)c31)CN(c1ccc(F)cc1)c1ccc(NC(=O)Cc3cc(Cl)ccc3Cl)cc1-2. The van der Waals surface area contributed by atoms with Gasteiger partial charge in [0.15, 0.2) is 0 Å². The minimum Gasteiger partial charge on any atom is -0.345 e. The number of H-pyrrole nitrogens is 1. The van der Waals surface area contributed by atoms with Gasteiger partial charge < -0.3 is 19.8 Å². The minimum atomic E-state index is -0.322. The second kappa shape index (κ2) is 9.35. The van der Waals surface area contributed by atoms with Gasteiger partial charge in [-0.15, -0.1) is 0 Å². The van der Waals surface area contributed by atoms with Gasteiger partial charge in [-0.3, -0.25) is 9.59 Å². The second-order valence-corrected chi connectivity index (χ2v) is 10.1. The van der Waals surface area contributed by atoms with E-state index in [4.69, 9.17) is 23.2 Å². The molecule has 9 heteroatoms. The Bertz CT molecular complexity index is 1790. The fourth-order valence-electron chi connectivity index (χ4n) is 5.08. The lowest BCUT2D eigenvalue weighted by atomic mass is 10.0. The number of aromatic amines is 1. The summed E-state index contributed by atoms with van der Waals surface area (Å²) in [6, 6.07) is 17.0. The molecule has 0 saturated carbocycles. The van der Waals surface area contributed by atoms with E-state index in [9.17, 15) is 14.0 Å². The largest absolute Gasteiger partial charge is 0.345 e. The van der Waals surface area contributed by atoms with Gasteiger partial charge in [-0.25, -0.2) is 4.39 Å². The molecule has 5 aromatic rings. The van der Waals surface area contributed by atoms with Gasteiger partial charge in [0, 0.05) is 63.1 Å². The lowest BCUT2D eigenvalue weighted by Gasteiger charge is -2.26. The number of hydrogen-bond donors (Lipinski definition) is 2. The molecule has 0 radical (unpaired) electrons. The molecular weight excluding hydrogens is 526 g/mol. The van der Waals surface area contributed by atoms with E-state index in [2.05, 4.69) is 15.2 Å². The summed E-state index contributed by atoms with van der Waals surface area (Å²) in [5.74, 6) is -0.565. The number of aromatic nitrogens is 2. The van der Waals surface area contributed by atoms with Crippen LogP contribution in [0.4, 0.5) is 21.5 Å². The van der Waals surface area contributed by atoms with E-state index in [1.807, 2.05) is 36.0 Å². The van der Waals surface area contributed by atoms with E-state index >= 15 is 0 Å². The summed E-state index contributed by atoms with van der Waals surface area (Å²) >= 11 is 12.3. The first kappa shape index (κ1) is 24.3. The van der Waals surface area contributed by atoms with Crippen molar-refractivity contribution in [3.05, 3.63) is 110 Å². The smallest absolute Gasteiger partial charge is 0.272 e. The van der Waals surface area contributed by atoms with Crippen LogP contribution in [0.2, 0.25) is 10.0 Å². The van der Waals surface area contributed by atoms with Crippen LogP contribution in [0, 0.1) is 5.82 Å². The maximum atomic E-state index is 13.7. The van der Waals surface area contributed by atoms with Gasteiger partial charge in [0.05, 0.1) is 13.0 Å². The van der Waals surface area contributed by atoms with Crippen LogP contribution in [-0.4, -0.2) is 15.5 Å². The van der Waals surface area contributed by atoms with Crippen molar-refractivity contribution >= 4 is 57.1 Å². The van der Waals surface area contributed by atoms with Crippen molar-refractivity contribution < 1.29 is 9.18 Å². The highest BCUT2D eigenvalue weighted by Gasteiger charge is 2.26. The quantitative estimate of drug-likeness (QED) is 0.260. The Kier molecular flexibility index (Phi) is 5.97. The number of benzene rings is 3. The lowest BCUT2D eigenvalue weighted by Crippen LogP contribution is -2.18. The first-order valence-corrected chi connectivity index (χ1v) is 12.6. The van der Waals surface area contributed by atoms with Crippen molar-refractivity contribution in [3.63, 3.8) is 0 Å². The molecule has 1 amide bonds. The van der Waals surface area contributed by atoms with Gasteiger partial charge in [0.2, 0.25) is 5.91 Å². The predicted octanol–water partition coefficient (Wildman–Crippen LogP) is 6.81. The van der Waals surface area contributed by atoms with Crippen molar-refractivity contribution in [3.8, 4) is 11.1 Å². The third kappa shape index (κ3) is 4.23. The van der Waals surface area contributed by atoms with Crippen LogP contribution in [0.5, 0.6) is 0 Å². The predicted molar refractivity (Wildman–Crippen MR) is 150 cm³/mol. The molecule has 38 heavy (non-hydrogen) atoms. The number of rotatable bonds is 4. The van der Waals surface area contributed by atoms with Crippen molar-refractivity contribution in [2.45, 2.75) is 13.0 Å². The summed E-state index contributed by atoms with van der Waals surface area (Å²) in [6.07, 6.45) is 3.72. The molecule has 1 aliphatic heterocycles. The molecule has 0 aliphatic carbocycles. The first-order chi connectivity index (χ1) is 18.3. The topological polar surface area (TPSA) is 70.1 Å². The monoisotopic (exact) mass is 546 g/mol. The van der Waals surface area contributed by atoms with E-state index in [0.717, 1.165) is 33.5 Å². The molecule has 3 aromatic carbocycles. The number of nitrogens with zero attached hydrogens (tertiary/aromatic N) is 2. The molecule has 190 valence electrons. The number of anilines is 3. The molecule has 6 rings (SSSR count). The highest BCUT2D eigenvalue weighted by atomic mass is 35.5. The Hall–Kier alpha value is -4.07. The third-order valence-electron chi connectivity index (χ3n) is 6.78. The van der Waals surface area contributed by atoms with Gasteiger partial charge in [-0.2, -0.15) is 0 Å². The highest BCUT2D eigenvalue weighted by molar-refractivity contribution is 6.33. The van der Waals surface area contributed by atoms with Crippen LogP contribution < -0.4 is 15.8 Å². The molecule has 3 heterocycles. The normalized spacial score (nSPS) is 12.4. The first-order valence-electron chi connectivity index (χ1n) is 11.9. The molecule has 1 aliphatic rings. The van der Waals surface area contributed by atoms with Crippen LogP contribution in [0.3, 0.4) is 0 Å². The van der Waals surface area contributed by atoms with Crippen molar-refractivity contribution in [1.82, 2.24) is 9.55 Å². The number of hydrogen-bond acceptors (Lipinski definition) is 3. The molecule has 0 bridgehead atoms. The summed E-state index contributed by atoms with van der Waals surface area (Å²) in [6.45, 7) is 0.460. The number of carbonyl (C=O) groups is 1. The van der Waals surface area contributed by atoms with Gasteiger partial charge in [-0.05, 0) is 71.8 Å². The molecule has 2 aromatic heterocycles. The molecule has 2 N–H and O–H groups in total. The second-order valence-electron chi connectivity index (χ2n) is 9.28. The van der Waals surface area contributed by atoms with E-state index in [-0.39, 0.29) is 23.7 Å². The zero-order valence-electron chi connectivity index (χ0n) is 20.2. The van der Waals surface area contributed by atoms with Crippen LogP contribution in [-0.2, 0) is 24.8 Å². The maximum absolute atomic E-state index is 13.7. The standard InChI is InChI=1S/C29H21Cl2FN4O2/c1-35-15-23-22-12-20(34-26(37)11-16-10-18(30)2-8-24(16)31)5-9-25(22)36(21-6-3-19(32)4-7-21)14-17-13-33-29(38)28(35)27(17)23/h2-10,12-13,15H,11,14H2,1H3,(H,33,38)(H,34,37). The zero-order chi connectivity index (χ0) is 26.6. The van der Waals surface area contributed by atoms with Crippen LogP contribution >= 0.6 is 23.2 Å². The molecular formula is C29H21Cl2FN4O2. The average Bonchev–Trinajstić information content (AvgIpc) is 3.18. The Morgan fingerprint density at radius 3 is 2.63 bits per heavy atom. The third-order valence-corrected chi connectivity index (χ3v) is 7.39. The minimum absolute atomic E-state index is 0.0615. The van der Waals surface area contributed by atoms with Crippen LogP contribution in [0.1, 0.15) is 11.1 Å². The van der Waals surface area contributed by atoms with E-state index in [0.29, 0.717) is 33.4 Å². The average molecular weight is 547 g/mol. The fraction of sp³-hybridized carbons (Fsp3) is 0.103. The van der Waals surface area contributed by atoms with E-state index < -0.39 is 0 Å². The maximum Gasteiger partial charge on any atom is 0.272 e. The fourth-order valence-corrected chi connectivity index (χ4v) is 5.46. The summed E-state index contributed by atoms with van der Waals surface area (Å²) in [7, 11) is 1.84. The molecule has 0 saturated heterocycles. The summed E-state index contributed by atoms with van der Waals surface area (Å²) in [5.41, 5.74) is 5.91. The molecule has 0 atom stereocenters. The Balaban J connectivity index is 1.46. The molecule has 6 nitrogen and oxygen atoms in total. The van der Waals surface area contributed by atoms with Crippen molar-refractivity contribution in [1.29, 1.82) is 0 Å². The van der Waals surface area contributed by atoms with Gasteiger partial charge in [0.1, 0.15) is 11.3 Å². The zero-order valence-corrected chi connectivity index (χ0v) is 21.7. The van der Waals surface area contributed by atoms with E-state index in [1.54, 1.807) is 36.5 Å². The molecule has 0 unspecified atom stereocenters. The Morgan fingerprint density at radius 1 is 1.05 bits per heavy atom. The molecule has 0 spiro atoms. The summed E-state index contributed by atoms with van der Waals surface area (Å²) in [5, 5.41) is 4.78. The molecule has 0 fully saturated rings.